The van der Waals surface area contributed by atoms with E-state index in [9.17, 15) is 18.0 Å². The zero-order chi connectivity index (χ0) is 13.1. The number of anilines is 1. The van der Waals surface area contributed by atoms with Crippen LogP contribution in [0.1, 0.15) is 5.56 Å². The molecule has 0 saturated carbocycles. The van der Waals surface area contributed by atoms with Crippen molar-refractivity contribution in [3.05, 3.63) is 29.8 Å². The molecule has 0 aliphatic carbocycles. The molecule has 94 valence electrons. The largest absolute Gasteiger partial charge is 0.471 e. The smallest absolute Gasteiger partial charge is 0.318 e. The van der Waals surface area contributed by atoms with Gasteiger partial charge in [-0.15, -0.1) is 0 Å². The third kappa shape index (κ3) is 4.44. The lowest BCUT2D eigenvalue weighted by atomic mass is 10.2. The number of halogens is 3. The molecule has 1 aromatic rings. The van der Waals surface area contributed by atoms with Gasteiger partial charge >= 0.3 is 12.1 Å². The summed E-state index contributed by atoms with van der Waals surface area (Å²) in [6, 6.07) is 6.32. The monoisotopic (exact) mass is 246 g/mol. The summed E-state index contributed by atoms with van der Waals surface area (Å²) in [7, 11) is 3.70. The molecule has 0 fully saturated rings. The summed E-state index contributed by atoms with van der Waals surface area (Å²) in [5, 5.41) is 1.81. The predicted molar refractivity (Wildman–Crippen MR) is 58.5 cm³/mol. The lowest BCUT2D eigenvalue weighted by Crippen LogP contribution is -2.29. The fraction of sp³-hybridized carbons (Fsp3) is 0.364. The van der Waals surface area contributed by atoms with Gasteiger partial charge in [0.2, 0.25) is 0 Å². The number of hydrogen-bond acceptors (Lipinski definition) is 2. The van der Waals surface area contributed by atoms with Crippen LogP contribution in [0.15, 0.2) is 24.3 Å². The number of nitrogens with one attached hydrogen (secondary N) is 1. The molecule has 1 amide bonds. The summed E-state index contributed by atoms with van der Waals surface area (Å²) in [5.74, 6) is -1.96. The van der Waals surface area contributed by atoms with Crippen LogP contribution in [-0.4, -0.2) is 31.1 Å². The number of benzene rings is 1. The highest BCUT2D eigenvalue weighted by molar-refractivity contribution is 5.94. The molecule has 1 N–H and O–H groups in total. The van der Waals surface area contributed by atoms with Crippen LogP contribution in [0.5, 0.6) is 0 Å². The predicted octanol–water partition coefficient (Wildman–Crippen LogP) is 2.25. The SMILES string of the molecule is CN(C)Cc1cccc(NC(=O)C(F)(F)F)c1. The molecule has 0 aliphatic rings. The Morgan fingerprint density at radius 3 is 2.53 bits per heavy atom. The lowest BCUT2D eigenvalue weighted by molar-refractivity contribution is -0.167. The quantitative estimate of drug-likeness (QED) is 0.887. The van der Waals surface area contributed by atoms with E-state index >= 15 is 0 Å². The molecule has 3 nitrogen and oxygen atoms in total. The molecule has 0 unspecified atom stereocenters. The van der Waals surface area contributed by atoms with Crippen molar-refractivity contribution in [2.45, 2.75) is 12.7 Å². The maximum atomic E-state index is 12.0. The Hall–Kier alpha value is -1.56. The first-order valence-electron chi connectivity index (χ1n) is 4.91. The number of nitrogens with zero attached hydrogens (tertiary/aromatic N) is 1. The van der Waals surface area contributed by atoms with E-state index in [4.69, 9.17) is 0 Å². The summed E-state index contributed by atoms with van der Waals surface area (Å²) in [6.07, 6.45) is -4.86. The van der Waals surface area contributed by atoms with Crippen LogP contribution in [0.4, 0.5) is 18.9 Å². The average Bonchev–Trinajstić information content (AvgIpc) is 2.15. The van der Waals surface area contributed by atoms with Gasteiger partial charge in [-0.3, -0.25) is 4.79 Å². The molecular weight excluding hydrogens is 233 g/mol. The Morgan fingerprint density at radius 1 is 1.35 bits per heavy atom. The Bertz CT molecular complexity index is 402. The fourth-order valence-corrected chi connectivity index (χ4v) is 1.31. The number of carbonyl (C=O) groups excluding carboxylic acids is 1. The van der Waals surface area contributed by atoms with Gasteiger partial charge in [0.05, 0.1) is 0 Å². The van der Waals surface area contributed by atoms with Gasteiger partial charge in [-0.2, -0.15) is 13.2 Å². The highest BCUT2D eigenvalue weighted by atomic mass is 19.4. The molecule has 0 spiro atoms. The van der Waals surface area contributed by atoms with Crippen LogP contribution in [0.2, 0.25) is 0 Å². The second-order valence-electron chi connectivity index (χ2n) is 3.89. The van der Waals surface area contributed by atoms with Gasteiger partial charge in [-0.1, -0.05) is 12.1 Å². The topological polar surface area (TPSA) is 32.3 Å². The Labute approximate surface area is 97.2 Å². The number of hydrogen-bond donors (Lipinski definition) is 1. The summed E-state index contributed by atoms with van der Waals surface area (Å²) < 4.78 is 36.1. The maximum absolute atomic E-state index is 12.0. The van der Waals surface area contributed by atoms with Crippen LogP contribution in [0.3, 0.4) is 0 Å². The van der Waals surface area contributed by atoms with Crippen molar-refractivity contribution in [2.24, 2.45) is 0 Å². The highest BCUT2D eigenvalue weighted by Crippen LogP contribution is 2.19. The second kappa shape index (κ2) is 5.18. The van der Waals surface area contributed by atoms with Gasteiger partial charge in [0.25, 0.3) is 0 Å². The summed E-state index contributed by atoms with van der Waals surface area (Å²) in [5.41, 5.74) is 0.974. The number of rotatable bonds is 3. The molecule has 0 saturated heterocycles. The standard InChI is InChI=1S/C11H13F3N2O/c1-16(2)7-8-4-3-5-9(6-8)15-10(17)11(12,13)14/h3-6H,7H2,1-2H3,(H,15,17). The van der Waals surface area contributed by atoms with E-state index in [1.54, 1.807) is 12.1 Å². The van der Waals surface area contributed by atoms with E-state index in [-0.39, 0.29) is 5.69 Å². The molecule has 0 aliphatic heterocycles. The highest BCUT2D eigenvalue weighted by Gasteiger charge is 2.38. The van der Waals surface area contributed by atoms with Crippen LogP contribution in [-0.2, 0) is 11.3 Å². The molecule has 6 heteroatoms. The first-order valence-corrected chi connectivity index (χ1v) is 4.91. The van der Waals surface area contributed by atoms with E-state index in [2.05, 4.69) is 0 Å². The van der Waals surface area contributed by atoms with Crippen LogP contribution < -0.4 is 5.32 Å². The first-order chi connectivity index (χ1) is 7.79. The van der Waals surface area contributed by atoms with Crippen molar-refractivity contribution >= 4 is 11.6 Å². The number of alkyl halides is 3. The first kappa shape index (κ1) is 13.5. The minimum Gasteiger partial charge on any atom is -0.318 e. The van der Waals surface area contributed by atoms with Gasteiger partial charge in [-0.25, -0.2) is 0 Å². The van der Waals surface area contributed by atoms with Gasteiger partial charge in [0.15, 0.2) is 0 Å². The molecular formula is C11H13F3N2O. The normalized spacial score (nSPS) is 11.6. The van der Waals surface area contributed by atoms with E-state index in [1.807, 2.05) is 24.3 Å². The number of carbonyl (C=O) groups is 1. The summed E-state index contributed by atoms with van der Waals surface area (Å²) in [6.45, 7) is 0.593. The molecule has 0 atom stereocenters. The molecule has 0 radical (unpaired) electrons. The third-order valence-electron chi connectivity index (χ3n) is 1.94. The molecule has 0 aromatic heterocycles. The Kier molecular flexibility index (Phi) is 4.11. The lowest BCUT2D eigenvalue weighted by Gasteiger charge is -2.12. The zero-order valence-corrected chi connectivity index (χ0v) is 9.51. The van der Waals surface area contributed by atoms with Crippen molar-refractivity contribution in [3.63, 3.8) is 0 Å². The van der Waals surface area contributed by atoms with E-state index < -0.39 is 12.1 Å². The van der Waals surface area contributed by atoms with Gasteiger partial charge in [0, 0.05) is 12.2 Å². The van der Waals surface area contributed by atoms with Crippen LogP contribution in [0, 0.1) is 0 Å². The summed E-state index contributed by atoms with van der Waals surface area (Å²) >= 11 is 0. The Morgan fingerprint density at radius 2 is 2.00 bits per heavy atom. The second-order valence-corrected chi connectivity index (χ2v) is 3.89. The van der Waals surface area contributed by atoms with Crippen LogP contribution in [0.25, 0.3) is 0 Å². The molecule has 0 bridgehead atoms. The van der Waals surface area contributed by atoms with Crippen LogP contribution >= 0.6 is 0 Å². The van der Waals surface area contributed by atoms with Gasteiger partial charge < -0.3 is 10.2 Å². The zero-order valence-electron chi connectivity index (χ0n) is 9.51. The average molecular weight is 246 g/mol. The minimum atomic E-state index is -4.86. The Balaban J connectivity index is 2.76. The maximum Gasteiger partial charge on any atom is 0.471 e. The van der Waals surface area contributed by atoms with Crippen molar-refractivity contribution in [2.75, 3.05) is 19.4 Å². The van der Waals surface area contributed by atoms with Crippen molar-refractivity contribution in [3.8, 4) is 0 Å². The van der Waals surface area contributed by atoms with Gasteiger partial charge in [-0.05, 0) is 31.8 Å². The third-order valence-corrected chi connectivity index (χ3v) is 1.94. The molecule has 1 rings (SSSR count). The molecule has 17 heavy (non-hydrogen) atoms. The summed E-state index contributed by atoms with van der Waals surface area (Å²) in [4.78, 5) is 12.6. The van der Waals surface area contributed by atoms with E-state index in [0.717, 1.165) is 5.56 Å². The minimum absolute atomic E-state index is 0.145. The molecule has 1 aromatic carbocycles. The van der Waals surface area contributed by atoms with Crippen molar-refractivity contribution < 1.29 is 18.0 Å². The van der Waals surface area contributed by atoms with Crippen molar-refractivity contribution in [1.29, 1.82) is 0 Å². The number of amides is 1. The van der Waals surface area contributed by atoms with Gasteiger partial charge in [0.1, 0.15) is 0 Å². The fourth-order valence-electron chi connectivity index (χ4n) is 1.31. The van der Waals surface area contributed by atoms with E-state index in [0.29, 0.717) is 6.54 Å². The van der Waals surface area contributed by atoms with Crippen molar-refractivity contribution in [1.82, 2.24) is 4.90 Å². The molecule has 0 heterocycles. The van der Waals surface area contributed by atoms with E-state index in [1.165, 1.54) is 12.1 Å².